The predicted octanol–water partition coefficient (Wildman–Crippen LogP) is 4.11. The van der Waals surface area contributed by atoms with Crippen molar-refractivity contribution >= 4 is 29.0 Å². The van der Waals surface area contributed by atoms with Gasteiger partial charge in [-0.1, -0.05) is 36.5 Å². The van der Waals surface area contributed by atoms with E-state index in [0.717, 1.165) is 18.4 Å². The van der Waals surface area contributed by atoms with Crippen LogP contribution in [-0.2, 0) is 6.42 Å². The van der Waals surface area contributed by atoms with Crippen molar-refractivity contribution in [3.05, 3.63) is 40.1 Å². The van der Waals surface area contributed by atoms with Crippen molar-refractivity contribution in [3.8, 4) is 11.6 Å². The van der Waals surface area contributed by atoms with Crippen LogP contribution in [0.3, 0.4) is 0 Å². The highest BCUT2D eigenvalue weighted by Gasteiger charge is 2.12. The topological polar surface area (TPSA) is 61.0 Å². The van der Waals surface area contributed by atoms with Crippen molar-refractivity contribution in [1.29, 1.82) is 0 Å². The molecule has 0 atom stereocenters. The molecule has 100 valence electrons. The Morgan fingerprint density at radius 3 is 2.79 bits per heavy atom. The largest absolute Gasteiger partial charge is 0.437 e. The molecule has 0 spiro atoms. The molecule has 6 heteroatoms. The van der Waals surface area contributed by atoms with Crippen LogP contribution in [0.4, 0.5) is 5.82 Å². The minimum atomic E-state index is 0.415. The van der Waals surface area contributed by atoms with Gasteiger partial charge < -0.3 is 10.5 Å². The maximum Gasteiger partial charge on any atom is 0.227 e. The van der Waals surface area contributed by atoms with Crippen LogP contribution in [0, 0.1) is 0 Å². The smallest absolute Gasteiger partial charge is 0.227 e. The number of anilines is 1. The molecular formula is C13H13Cl2N3O. The Morgan fingerprint density at radius 1 is 1.26 bits per heavy atom. The maximum atomic E-state index is 6.06. The lowest BCUT2D eigenvalue weighted by Crippen LogP contribution is -2.02. The molecule has 19 heavy (non-hydrogen) atoms. The fraction of sp³-hybridized carbons (Fsp3) is 0.231. The van der Waals surface area contributed by atoms with Gasteiger partial charge >= 0.3 is 0 Å². The van der Waals surface area contributed by atoms with Gasteiger partial charge in [-0.05, 0) is 18.6 Å². The van der Waals surface area contributed by atoms with E-state index < -0.39 is 0 Å². The van der Waals surface area contributed by atoms with Gasteiger partial charge in [-0.25, -0.2) is 9.97 Å². The van der Waals surface area contributed by atoms with Gasteiger partial charge in [0.25, 0.3) is 0 Å². The van der Waals surface area contributed by atoms with Crippen molar-refractivity contribution in [2.45, 2.75) is 19.8 Å². The predicted molar refractivity (Wildman–Crippen MR) is 77.0 cm³/mol. The lowest BCUT2D eigenvalue weighted by molar-refractivity contribution is 0.455. The fourth-order valence-electron chi connectivity index (χ4n) is 1.64. The van der Waals surface area contributed by atoms with Gasteiger partial charge in [0.2, 0.25) is 5.88 Å². The van der Waals surface area contributed by atoms with E-state index >= 15 is 0 Å². The van der Waals surface area contributed by atoms with E-state index in [-0.39, 0.29) is 0 Å². The Balaban J connectivity index is 2.37. The first-order valence-corrected chi connectivity index (χ1v) is 6.59. The van der Waals surface area contributed by atoms with E-state index in [0.29, 0.717) is 27.5 Å². The van der Waals surface area contributed by atoms with E-state index in [2.05, 4.69) is 9.97 Å². The van der Waals surface area contributed by atoms with Crippen molar-refractivity contribution in [1.82, 2.24) is 9.97 Å². The third-order valence-corrected chi connectivity index (χ3v) is 3.09. The van der Waals surface area contributed by atoms with Crippen LogP contribution in [0.5, 0.6) is 11.6 Å². The van der Waals surface area contributed by atoms with E-state index in [1.165, 1.54) is 6.33 Å². The fourth-order valence-corrected chi connectivity index (χ4v) is 1.96. The van der Waals surface area contributed by atoms with Gasteiger partial charge in [0.05, 0.1) is 10.6 Å². The van der Waals surface area contributed by atoms with Crippen molar-refractivity contribution in [3.63, 3.8) is 0 Å². The normalized spacial score (nSPS) is 10.5. The van der Waals surface area contributed by atoms with E-state index in [4.69, 9.17) is 33.7 Å². The summed E-state index contributed by atoms with van der Waals surface area (Å²) in [6.45, 7) is 2.04. The minimum absolute atomic E-state index is 0.415. The van der Waals surface area contributed by atoms with Crippen molar-refractivity contribution in [2.75, 3.05) is 5.73 Å². The third kappa shape index (κ3) is 3.28. The molecule has 2 rings (SSSR count). The van der Waals surface area contributed by atoms with Crippen LogP contribution in [0.15, 0.2) is 24.5 Å². The summed E-state index contributed by atoms with van der Waals surface area (Å²) in [5, 5.41) is 1.00. The molecule has 4 nitrogen and oxygen atoms in total. The standard InChI is InChI=1S/C13H13Cl2N3O/c1-2-3-9-12(16)17-7-18-13(9)19-11-6-8(14)4-5-10(11)15/h4-7H,2-3H2,1H3,(H2,16,17,18). The number of hydrogen-bond donors (Lipinski definition) is 1. The first kappa shape index (κ1) is 13.9. The van der Waals surface area contributed by atoms with E-state index in [1.54, 1.807) is 18.2 Å². The Bertz CT molecular complexity index is 590. The molecule has 0 aliphatic rings. The number of benzene rings is 1. The van der Waals surface area contributed by atoms with Gasteiger partial charge in [-0.15, -0.1) is 0 Å². The second-order valence-electron chi connectivity index (χ2n) is 3.97. The molecule has 0 saturated heterocycles. The lowest BCUT2D eigenvalue weighted by Gasteiger charge is -2.11. The molecule has 0 amide bonds. The molecule has 0 fully saturated rings. The van der Waals surface area contributed by atoms with Gasteiger partial charge in [-0.3, -0.25) is 0 Å². The molecular weight excluding hydrogens is 285 g/mol. The van der Waals surface area contributed by atoms with Gasteiger partial charge in [-0.2, -0.15) is 0 Å². The summed E-state index contributed by atoms with van der Waals surface area (Å²) < 4.78 is 5.71. The SMILES string of the molecule is CCCc1c(N)ncnc1Oc1cc(Cl)ccc1Cl. The molecule has 2 N–H and O–H groups in total. The first-order valence-electron chi connectivity index (χ1n) is 5.84. The quantitative estimate of drug-likeness (QED) is 0.922. The average Bonchev–Trinajstić information content (AvgIpc) is 2.38. The van der Waals surface area contributed by atoms with Gasteiger partial charge in [0.1, 0.15) is 17.9 Å². The zero-order chi connectivity index (χ0) is 13.8. The molecule has 1 aromatic carbocycles. The molecule has 0 bridgehead atoms. The van der Waals surface area contributed by atoms with E-state index in [1.807, 2.05) is 6.92 Å². The number of aromatic nitrogens is 2. The summed E-state index contributed by atoms with van der Waals surface area (Å²) in [7, 11) is 0. The second-order valence-corrected chi connectivity index (χ2v) is 4.81. The van der Waals surface area contributed by atoms with Crippen molar-refractivity contribution < 1.29 is 4.74 Å². The molecule has 0 saturated carbocycles. The molecule has 0 radical (unpaired) electrons. The number of nitrogens with two attached hydrogens (primary N) is 1. The van der Waals surface area contributed by atoms with Crippen LogP contribution in [0.2, 0.25) is 10.0 Å². The second kappa shape index (κ2) is 6.08. The van der Waals surface area contributed by atoms with Crippen LogP contribution < -0.4 is 10.5 Å². The highest BCUT2D eigenvalue weighted by Crippen LogP contribution is 2.33. The summed E-state index contributed by atoms with van der Waals surface area (Å²) in [6.07, 6.45) is 3.01. The molecule has 0 aliphatic heterocycles. The average molecular weight is 298 g/mol. The molecule has 1 aromatic heterocycles. The number of halogens is 2. The summed E-state index contributed by atoms with van der Waals surface area (Å²) in [5.74, 6) is 1.29. The van der Waals surface area contributed by atoms with Crippen molar-refractivity contribution in [2.24, 2.45) is 0 Å². The molecule has 2 aromatic rings. The molecule has 0 aliphatic carbocycles. The summed E-state index contributed by atoms with van der Waals surface area (Å²) in [5.41, 5.74) is 6.62. The monoisotopic (exact) mass is 297 g/mol. The van der Waals surface area contributed by atoms with Gasteiger partial charge in [0.15, 0.2) is 0 Å². The van der Waals surface area contributed by atoms with Crippen LogP contribution in [0.1, 0.15) is 18.9 Å². The minimum Gasteiger partial charge on any atom is -0.437 e. The zero-order valence-electron chi connectivity index (χ0n) is 10.4. The number of nitrogen functional groups attached to an aromatic ring is 1. The highest BCUT2D eigenvalue weighted by atomic mass is 35.5. The molecule has 0 unspecified atom stereocenters. The van der Waals surface area contributed by atoms with Gasteiger partial charge in [0, 0.05) is 11.1 Å². The highest BCUT2D eigenvalue weighted by molar-refractivity contribution is 6.34. The van der Waals surface area contributed by atoms with Crippen LogP contribution in [0.25, 0.3) is 0 Å². The van der Waals surface area contributed by atoms with Crippen LogP contribution in [-0.4, -0.2) is 9.97 Å². The Kier molecular flexibility index (Phi) is 4.45. The third-order valence-electron chi connectivity index (χ3n) is 2.54. The Morgan fingerprint density at radius 2 is 2.05 bits per heavy atom. The number of hydrogen-bond acceptors (Lipinski definition) is 4. The summed E-state index contributed by atoms with van der Waals surface area (Å²) in [4.78, 5) is 8.08. The van der Waals surface area contributed by atoms with E-state index in [9.17, 15) is 0 Å². The number of rotatable bonds is 4. The Hall–Kier alpha value is -1.52. The zero-order valence-corrected chi connectivity index (χ0v) is 11.9. The van der Waals surface area contributed by atoms with Crippen LogP contribution >= 0.6 is 23.2 Å². The number of ether oxygens (including phenoxy) is 1. The summed E-state index contributed by atoms with van der Waals surface area (Å²) >= 11 is 12.0. The maximum absolute atomic E-state index is 6.06. The Labute approximate surface area is 121 Å². The number of nitrogens with zero attached hydrogens (tertiary/aromatic N) is 2. The first-order chi connectivity index (χ1) is 9.11. The summed E-state index contributed by atoms with van der Waals surface area (Å²) in [6, 6.07) is 5.00. The lowest BCUT2D eigenvalue weighted by atomic mass is 10.2. The molecule has 1 heterocycles.